The second-order valence-electron chi connectivity index (χ2n) is 28.8. The highest BCUT2D eigenvalue weighted by Gasteiger charge is 2.51. The third-order valence-corrected chi connectivity index (χ3v) is 22.6. The van der Waals surface area contributed by atoms with Crippen LogP contribution in [0.3, 0.4) is 0 Å². The van der Waals surface area contributed by atoms with Crippen LogP contribution >= 0.6 is 0 Å². The number of anilines is 6. The first-order valence-electron chi connectivity index (χ1n) is 33.5. The first kappa shape index (κ1) is 53.9. The molecule has 446 valence electrons. The molecule has 0 atom stereocenters. The van der Waals surface area contributed by atoms with Gasteiger partial charge >= 0.3 is 0 Å². The number of para-hydroxylation sites is 4. The van der Waals surface area contributed by atoms with Crippen molar-refractivity contribution in [1.82, 2.24) is 9.13 Å². The average Bonchev–Trinajstić information content (AvgIpc) is 1.44. The number of aromatic nitrogens is 2. The Morgan fingerprint density at radius 1 is 0.383 bits per heavy atom. The van der Waals surface area contributed by atoms with E-state index in [0.717, 1.165) is 62.3 Å². The van der Waals surface area contributed by atoms with Crippen molar-refractivity contribution in [2.24, 2.45) is 0 Å². The smallest absolute Gasteiger partial charge is 0.247 e. The molecule has 7 heteroatoms. The Balaban J connectivity index is 0.812. The molecule has 0 N–H and O–H groups in total. The van der Waals surface area contributed by atoms with Crippen molar-refractivity contribution in [3.8, 4) is 22.6 Å². The maximum Gasteiger partial charge on any atom is 0.247 e. The maximum atomic E-state index is 7.29. The zero-order valence-corrected chi connectivity index (χ0v) is 53.9. The minimum atomic E-state index is -0.308. The fraction of sp³-hybridized carbons (Fsp3) is 0.126. The standard InChI is InChI=1S/C87H66B2N4O/c1-52-46-64-78-72(47-52)93-81-60-35-18-24-41-74(60)94-84(81)76-71(45-43-69(83(76)93)89(78)66-39-22-20-37-62(66)85(64,2)3)91(57-31-15-10-16-32-57)58-33-25-26-53(49-58)48-54-50-65-79-73(51-54)92-80-59-34-17-19-36-61(59)87(6,7)77(80)75-70(90(55-27-11-8-12-28-55)56-29-13-9-14-30-56)44-42-68(82(75)92)88(79)67-40-23-21-38-63(67)86(65,4)5/h8-47,49-51H,48H2,1-7H3. The minimum absolute atomic E-state index is 0.0290. The second kappa shape index (κ2) is 19.0. The number of furan rings is 1. The molecule has 0 spiro atoms. The number of rotatable bonds is 8. The van der Waals surface area contributed by atoms with Gasteiger partial charge in [-0.1, -0.05) is 228 Å². The van der Waals surface area contributed by atoms with Crippen molar-refractivity contribution >= 4 is 124 Å². The third kappa shape index (κ3) is 7.01. The Morgan fingerprint density at radius 2 is 0.894 bits per heavy atom. The van der Waals surface area contributed by atoms with Crippen LogP contribution in [0.2, 0.25) is 0 Å². The van der Waals surface area contributed by atoms with E-state index in [1.807, 2.05) is 0 Å². The Labute approximate surface area is 549 Å². The van der Waals surface area contributed by atoms with Crippen molar-refractivity contribution in [1.29, 1.82) is 0 Å². The lowest BCUT2D eigenvalue weighted by Crippen LogP contribution is -2.63. The van der Waals surface area contributed by atoms with E-state index in [1.165, 1.54) is 128 Å². The highest BCUT2D eigenvalue weighted by atomic mass is 16.3. The van der Waals surface area contributed by atoms with Crippen LogP contribution in [0.25, 0.3) is 66.5 Å². The normalized spacial score (nSPS) is 15.0. The first-order chi connectivity index (χ1) is 45.9. The van der Waals surface area contributed by atoms with E-state index >= 15 is 0 Å². The van der Waals surface area contributed by atoms with E-state index in [9.17, 15) is 0 Å². The van der Waals surface area contributed by atoms with Crippen LogP contribution in [0.5, 0.6) is 0 Å². The van der Waals surface area contributed by atoms with E-state index in [-0.39, 0.29) is 29.7 Å². The summed E-state index contributed by atoms with van der Waals surface area (Å²) in [6.45, 7) is 17.0. The van der Waals surface area contributed by atoms with Gasteiger partial charge in [-0.25, -0.2) is 0 Å². The summed E-state index contributed by atoms with van der Waals surface area (Å²) in [5.41, 5.74) is 36.9. The van der Waals surface area contributed by atoms with Crippen LogP contribution in [0.15, 0.2) is 265 Å². The molecule has 20 rings (SSSR count). The monoisotopic (exact) mass is 1200 g/mol. The van der Waals surface area contributed by atoms with Crippen LogP contribution in [-0.4, -0.2) is 22.6 Å². The molecule has 4 aliphatic heterocycles. The Morgan fingerprint density at radius 3 is 1.53 bits per heavy atom. The number of hydrogen-bond donors (Lipinski definition) is 0. The lowest BCUT2D eigenvalue weighted by Gasteiger charge is -2.42. The van der Waals surface area contributed by atoms with Gasteiger partial charge in [0.2, 0.25) is 13.4 Å². The number of nitrogens with zero attached hydrogens (tertiary/aromatic N) is 4. The summed E-state index contributed by atoms with van der Waals surface area (Å²) in [5, 5.41) is 3.55. The highest BCUT2D eigenvalue weighted by molar-refractivity contribution is 6.99. The fourth-order valence-electron chi connectivity index (χ4n) is 18.7. The molecule has 0 saturated carbocycles. The van der Waals surface area contributed by atoms with Crippen LogP contribution in [0.1, 0.15) is 91.6 Å². The summed E-state index contributed by atoms with van der Waals surface area (Å²) in [5.74, 6) is 0. The molecule has 5 nitrogen and oxygen atoms in total. The summed E-state index contributed by atoms with van der Waals surface area (Å²) in [6.07, 6.45) is 0.727. The molecule has 15 aromatic rings. The van der Waals surface area contributed by atoms with E-state index in [0.29, 0.717) is 0 Å². The van der Waals surface area contributed by atoms with Crippen molar-refractivity contribution in [2.75, 3.05) is 9.80 Å². The van der Waals surface area contributed by atoms with Gasteiger partial charge in [0.1, 0.15) is 11.1 Å². The van der Waals surface area contributed by atoms with Gasteiger partial charge < -0.3 is 23.4 Å². The minimum Gasteiger partial charge on any atom is -0.454 e. The van der Waals surface area contributed by atoms with Crippen LogP contribution in [-0.2, 0) is 22.7 Å². The van der Waals surface area contributed by atoms with Crippen molar-refractivity contribution in [2.45, 2.75) is 71.1 Å². The van der Waals surface area contributed by atoms with E-state index in [4.69, 9.17) is 4.42 Å². The molecule has 0 unspecified atom stereocenters. The summed E-state index contributed by atoms with van der Waals surface area (Å²) in [4.78, 5) is 5.00. The molecule has 1 aliphatic carbocycles. The summed E-state index contributed by atoms with van der Waals surface area (Å²) in [6, 6.07) is 98.6. The van der Waals surface area contributed by atoms with E-state index < -0.39 is 0 Å². The molecule has 0 saturated heterocycles. The second-order valence-corrected chi connectivity index (χ2v) is 28.8. The van der Waals surface area contributed by atoms with Gasteiger partial charge in [-0.2, -0.15) is 0 Å². The largest absolute Gasteiger partial charge is 0.454 e. The lowest BCUT2D eigenvalue weighted by molar-refractivity contribution is 0.644. The molecule has 0 amide bonds. The SMILES string of the molecule is Cc1cc2c3c(c1)C(C)(C)c1ccccc1B3c1ccc(N(c3ccccc3)c3cccc(Cc4cc5c6c(c4)C(C)(C)c4ccccc4B6c4ccc(N(c6ccccc6)c6ccccc6)c6c7c(n-5c46)-c4ccccc4C7(C)C)c3)c3c4oc5ccccc5c4n-2c13. The quantitative estimate of drug-likeness (QED) is 0.142. The molecule has 0 bridgehead atoms. The zero-order valence-electron chi connectivity index (χ0n) is 53.9. The molecule has 7 heterocycles. The fourth-order valence-corrected chi connectivity index (χ4v) is 18.7. The number of fused-ring (bicyclic) bond motifs is 18. The average molecular weight is 1210 g/mol. The van der Waals surface area contributed by atoms with Crippen molar-refractivity contribution in [3.63, 3.8) is 0 Å². The van der Waals surface area contributed by atoms with E-state index in [1.54, 1.807) is 0 Å². The molecular formula is C87H66B2N4O. The van der Waals surface area contributed by atoms with Gasteiger partial charge in [-0.15, -0.1) is 0 Å². The van der Waals surface area contributed by atoms with Gasteiger partial charge in [-0.05, 0) is 170 Å². The van der Waals surface area contributed by atoms with Gasteiger partial charge in [0, 0.05) is 66.7 Å². The molecule has 94 heavy (non-hydrogen) atoms. The number of hydrogen-bond acceptors (Lipinski definition) is 3. The molecular weight excluding hydrogens is 1140 g/mol. The Hall–Kier alpha value is -10.8. The number of aryl methyl sites for hydroxylation is 1. The third-order valence-electron chi connectivity index (χ3n) is 22.6. The van der Waals surface area contributed by atoms with Crippen LogP contribution in [0.4, 0.5) is 34.1 Å². The molecule has 3 aromatic heterocycles. The predicted molar refractivity (Wildman–Crippen MR) is 395 cm³/mol. The Bertz CT molecular complexity index is 5750. The number of benzene rings is 12. The van der Waals surface area contributed by atoms with Gasteiger partial charge in [0.15, 0.2) is 5.58 Å². The summed E-state index contributed by atoms with van der Waals surface area (Å²) < 4.78 is 12.6. The first-order valence-corrected chi connectivity index (χ1v) is 33.5. The van der Waals surface area contributed by atoms with Crippen LogP contribution in [0, 0.1) is 6.92 Å². The van der Waals surface area contributed by atoms with Crippen molar-refractivity contribution in [3.05, 3.63) is 311 Å². The van der Waals surface area contributed by atoms with E-state index in [2.05, 4.69) is 328 Å². The topological polar surface area (TPSA) is 29.5 Å². The van der Waals surface area contributed by atoms with Crippen LogP contribution < -0.4 is 42.6 Å². The van der Waals surface area contributed by atoms with Gasteiger partial charge in [0.25, 0.3) is 0 Å². The summed E-state index contributed by atoms with van der Waals surface area (Å²) >= 11 is 0. The molecule has 5 aliphatic rings. The Kier molecular flexibility index (Phi) is 10.9. The lowest BCUT2D eigenvalue weighted by atomic mass is 9.30. The highest BCUT2D eigenvalue weighted by Crippen LogP contribution is 2.58. The molecule has 0 radical (unpaired) electrons. The molecule has 12 aromatic carbocycles. The summed E-state index contributed by atoms with van der Waals surface area (Å²) in [7, 11) is 0. The van der Waals surface area contributed by atoms with Gasteiger partial charge in [0.05, 0.1) is 33.5 Å². The predicted octanol–water partition coefficient (Wildman–Crippen LogP) is 17.6. The maximum absolute atomic E-state index is 7.29. The van der Waals surface area contributed by atoms with Gasteiger partial charge in [-0.3, -0.25) is 0 Å². The van der Waals surface area contributed by atoms with Crippen molar-refractivity contribution < 1.29 is 4.42 Å². The zero-order chi connectivity index (χ0) is 62.8. The molecule has 0 fully saturated rings.